The first-order valence-corrected chi connectivity index (χ1v) is 9.43. The molecule has 0 aliphatic rings. The van der Waals surface area contributed by atoms with Gasteiger partial charge in [-0.2, -0.15) is 0 Å². The Balaban J connectivity index is 1.95. The smallest absolute Gasteiger partial charge is 0.193 e. The maximum atomic E-state index is 4.39. The second kappa shape index (κ2) is 9.32. The second-order valence-corrected chi connectivity index (χ2v) is 6.90. The quantitative estimate of drug-likeness (QED) is 0.489. The van der Waals surface area contributed by atoms with Gasteiger partial charge in [-0.15, -0.1) is 11.8 Å². The fourth-order valence-electron chi connectivity index (χ4n) is 2.46. The molecule has 1 aromatic heterocycles. The molecule has 6 heteroatoms. The monoisotopic (exact) mass is 357 g/mol. The largest absolute Gasteiger partial charge is 0.363 e. The van der Waals surface area contributed by atoms with Crippen molar-refractivity contribution in [1.29, 1.82) is 0 Å². The van der Waals surface area contributed by atoms with Gasteiger partial charge in [-0.1, -0.05) is 12.1 Å². The number of aliphatic imine (C=N–C) groups is 1. The third-order valence-electron chi connectivity index (χ3n) is 3.87. The van der Waals surface area contributed by atoms with Crippen LogP contribution >= 0.6 is 11.8 Å². The minimum Gasteiger partial charge on any atom is -0.363 e. The highest BCUT2D eigenvalue weighted by molar-refractivity contribution is 7.98. The van der Waals surface area contributed by atoms with Gasteiger partial charge in [0, 0.05) is 52.4 Å². The fourth-order valence-corrected chi connectivity index (χ4v) is 2.87. The number of hydrogen-bond donors (Lipinski definition) is 1. The van der Waals surface area contributed by atoms with E-state index in [1.54, 1.807) is 11.8 Å². The van der Waals surface area contributed by atoms with Crippen LogP contribution in [0.5, 0.6) is 0 Å². The molecule has 0 amide bonds. The van der Waals surface area contributed by atoms with Crippen LogP contribution in [0.3, 0.4) is 0 Å². The van der Waals surface area contributed by atoms with Crippen LogP contribution in [0.2, 0.25) is 0 Å². The molecule has 0 bridgehead atoms. The third kappa shape index (κ3) is 5.67. The number of nitrogens with one attached hydrogen (secondary N) is 1. The molecule has 0 aliphatic carbocycles. The van der Waals surface area contributed by atoms with Crippen molar-refractivity contribution in [3.8, 4) is 0 Å². The summed E-state index contributed by atoms with van der Waals surface area (Å²) in [6, 6.07) is 12.8. The van der Waals surface area contributed by atoms with Gasteiger partial charge in [-0.05, 0) is 41.6 Å². The van der Waals surface area contributed by atoms with Gasteiger partial charge in [0.15, 0.2) is 5.96 Å². The zero-order chi connectivity index (χ0) is 18.2. The Bertz CT molecular complexity index is 697. The summed E-state index contributed by atoms with van der Waals surface area (Å²) in [6.07, 6.45) is 3.93. The van der Waals surface area contributed by atoms with Gasteiger partial charge in [0.25, 0.3) is 0 Å². The van der Waals surface area contributed by atoms with Gasteiger partial charge in [0.2, 0.25) is 0 Å². The van der Waals surface area contributed by atoms with Crippen molar-refractivity contribution in [2.45, 2.75) is 18.0 Å². The average Bonchev–Trinajstić information content (AvgIpc) is 2.63. The molecule has 1 heterocycles. The number of guanidine groups is 1. The SMILES string of the molecule is CN=C(NCc1ccnc(N(C)C)c1)N(C)Cc1ccc(SC)cc1. The van der Waals surface area contributed by atoms with E-state index in [4.69, 9.17) is 0 Å². The number of benzene rings is 1. The highest BCUT2D eigenvalue weighted by Crippen LogP contribution is 2.15. The predicted molar refractivity (Wildman–Crippen MR) is 108 cm³/mol. The number of hydrogen-bond acceptors (Lipinski definition) is 4. The van der Waals surface area contributed by atoms with Gasteiger partial charge >= 0.3 is 0 Å². The molecule has 134 valence electrons. The van der Waals surface area contributed by atoms with Crippen LogP contribution in [-0.4, -0.2) is 50.3 Å². The minimum atomic E-state index is 0.714. The molecule has 0 saturated carbocycles. The van der Waals surface area contributed by atoms with Crippen molar-refractivity contribution in [2.75, 3.05) is 39.3 Å². The van der Waals surface area contributed by atoms with Crippen LogP contribution in [0.25, 0.3) is 0 Å². The number of nitrogens with zero attached hydrogens (tertiary/aromatic N) is 4. The summed E-state index contributed by atoms with van der Waals surface area (Å²) in [5.74, 6) is 1.83. The van der Waals surface area contributed by atoms with E-state index in [0.29, 0.717) is 6.54 Å². The molecule has 0 fully saturated rings. The number of anilines is 1. The van der Waals surface area contributed by atoms with E-state index >= 15 is 0 Å². The lowest BCUT2D eigenvalue weighted by Gasteiger charge is -2.22. The number of pyridine rings is 1. The minimum absolute atomic E-state index is 0.714. The Hall–Kier alpha value is -2.21. The van der Waals surface area contributed by atoms with Crippen molar-refractivity contribution in [1.82, 2.24) is 15.2 Å². The molecule has 5 nitrogen and oxygen atoms in total. The first-order chi connectivity index (χ1) is 12.0. The second-order valence-electron chi connectivity index (χ2n) is 6.02. The molecule has 1 aromatic carbocycles. The summed E-state index contributed by atoms with van der Waals surface area (Å²) in [6.45, 7) is 1.53. The Labute approximate surface area is 155 Å². The van der Waals surface area contributed by atoms with Crippen molar-refractivity contribution < 1.29 is 0 Å². The summed E-state index contributed by atoms with van der Waals surface area (Å²) in [4.78, 5) is 14.1. The zero-order valence-electron chi connectivity index (χ0n) is 15.7. The molecule has 0 spiro atoms. The van der Waals surface area contributed by atoms with Crippen LogP contribution in [0.1, 0.15) is 11.1 Å². The third-order valence-corrected chi connectivity index (χ3v) is 4.61. The molecule has 1 N–H and O–H groups in total. The topological polar surface area (TPSA) is 43.8 Å². The van der Waals surface area contributed by atoms with E-state index in [-0.39, 0.29) is 0 Å². The predicted octanol–water partition coefficient (Wildman–Crippen LogP) is 3.08. The number of aromatic nitrogens is 1. The van der Waals surface area contributed by atoms with Gasteiger partial charge in [0.05, 0.1) is 0 Å². The first kappa shape index (κ1) is 19.1. The van der Waals surface area contributed by atoms with Gasteiger partial charge in [-0.3, -0.25) is 4.99 Å². The maximum Gasteiger partial charge on any atom is 0.193 e. The molecule has 0 saturated heterocycles. The summed E-state index contributed by atoms with van der Waals surface area (Å²) in [7, 11) is 7.85. The molecule has 0 atom stereocenters. The van der Waals surface area contributed by atoms with Crippen LogP contribution in [0, 0.1) is 0 Å². The zero-order valence-corrected chi connectivity index (χ0v) is 16.5. The normalized spacial score (nSPS) is 11.3. The van der Waals surface area contributed by atoms with Crippen LogP contribution in [-0.2, 0) is 13.1 Å². The molecule has 2 rings (SSSR count). The van der Waals surface area contributed by atoms with Crippen molar-refractivity contribution in [3.05, 3.63) is 53.7 Å². The maximum absolute atomic E-state index is 4.39. The molecular formula is C19H27N5S. The molecule has 2 aromatic rings. The summed E-state index contributed by atoms with van der Waals surface area (Å²) in [5, 5.41) is 3.42. The van der Waals surface area contributed by atoms with Crippen LogP contribution in [0.15, 0.2) is 52.5 Å². The average molecular weight is 358 g/mol. The molecule has 0 radical (unpaired) electrons. The van der Waals surface area contributed by atoms with Crippen LogP contribution in [0.4, 0.5) is 5.82 Å². The molecule has 0 unspecified atom stereocenters. The molecule has 25 heavy (non-hydrogen) atoms. The summed E-state index contributed by atoms with van der Waals surface area (Å²) >= 11 is 1.76. The highest BCUT2D eigenvalue weighted by Gasteiger charge is 2.07. The van der Waals surface area contributed by atoms with E-state index in [9.17, 15) is 0 Å². The van der Waals surface area contributed by atoms with E-state index in [1.165, 1.54) is 16.0 Å². The Morgan fingerprint density at radius 3 is 2.44 bits per heavy atom. The van der Waals surface area contributed by atoms with E-state index in [1.807, 2.05) is 38.3 Å². The standard InChI is InChI=1S/C19H27N5S/c1-20-19(22-13-16-10-11-21-18(12-16)23(2)3)24(4)14-15-6-8-17(25-5)9-7-15/h6-12H,13-14H2,1-5H3,(H,20,22). The van der Waals surface area contributed by atoms with E-state index in [0.717, 1.165) is 18.3 Å². The van der Waals surface area contributed by atoms with Gasteiger partial charge in [-0.25, -0.2) is 4.98 Å². The first-order valence-electron chi connectivity index (χ1n) is 8.20. The van der Waals surface area contributed by atoms with E-state index in [2.05, 4.69) is 63.8 Å². The van der Waals surface area contributed by atoms with Crippen molar-refractivity contribution >= 4 is 23.5 Å². The van der Waals surface area contributed by atoms with Crippen molar-refractivity contribution in [3.63, 3.8) is 0 Å². The summed E-state index contributed by atoms with van der Waals surface area (Å²) < 4.78 is 0. The van der Waals surface area contributed by atoms with E-state index < -0.39 is 0 Å². The van der Waals surface area contributed by atoms with Gasteiger partial charge in [0.1, 0.15) is 5.82 Å². The number of rotatable bonds is 6. The Kier molecular flexibility index (Phi) is 7.13. The van der Waals surface area contributed by atoms with Crippen LogP contribution < -0.4 is 10.2 Å². The fraction of sp³-hybridized carbons (Fsp3) is 0.368. The highest BCUT2D eigenvalue weighted by atomic mass is 32.2. The Morgan fingerprint density at radius 2 is 1.84 bits per heavy atom. The van der Waals surface area contributed by atoms with Crippen molar-refractivity contribution in [2.24, 2.45) is 4.99 Å². The molecular weight excluding hydrogens is 330 g/mol. The summed E-state index contributed by atoms with van der Waals surface area (Å²) in [5.41, 5.74) is 2.44. The van der Waals surface area contributed by atoms with Gasteiger partial charge < -0.3 is 15.1 Å². The Morgan fingerprint density at radius 1 is 1.12 bits per heavy atom. The number of thioether (sulfide) groups is 1. The lowest BCUT2D eigenvalue weighted by molar-refractivity contribution is 0.476. The lowest BCUT2D eigenvalue weighted by atomic mass is 10.2. The lowest BCUT2D eigenvalue weighted by Crippen LogP contribution is -2.38. The molecule has 0 aliphatic heterocycles.